The van der Waals surface area contributed by atoms with Crippen LogP contribution in [0.3, 0.4) is 0 Å². The Morgan fingerprint density at radius 1 is 0.625 bits per heavy atom. The smallest absolute Gasteiger partial charge is 1.00 e. The predicted molar refractivity (Wildman–Crippen MR) is 39.8 cm³/mol. The zero-order chi connectivity index (χ0) is 11.1. The van der Waals surface area contributed by atoms with Gasteiger partial charge >= 0.3 is 120 Å². The molecule has 0 radical (unpaired) electrons. The molecular formula is H6NNa3O9S3. The van der Waals surface area contributed by atoms with Gasteiger partial charge in [0, 0.05) is 0 Å². The zero-order valence-electron chi connectivity index (χ0n) is 11.5. The van der Waals surface area contributed by atoms with Gasteiger partial charge in [0.05, 0.1) is 3.12 Å². The molecule has 0 unspecified atom stereocenters. The Balaban J connectivity index is -0.0000000480. The van der Waals surface area contributed by atoms with E-state index in [2.05, 4.69) is 0 Å². The average molecular weight is 329 g/mol. The van der Waals surface area contributed by atoms with Gasteiger partial charge in [0.2, 0.25) is 0 Å². The summed E-state index contributed by atoms with van der Waals surface area (Å²) in [6.45, 7) is 0. The van der Waals surface area contributed by atoms with Crippen LogP contribution in [0.5, 0.6) is 0 Å². The van der Waals surface area contributed by atoms with E-state index in [1.54, 1.807) is 0 Å². The monoisotopic (exact) mass is 329 g/mol. The average Bonchev–Trinajstić information content (AvgIpc) is 1.44. The molecule has 86 valence electrons. The van der Waals surface area contributed by atoms with Gasteiger partial charge in [-0.25, -0.2) is 0 Å². The molecule has 0 bridgehead atoms. The molecule has 0 fully saturated rings. The van der Waals surface area contributed by atoms with Gasteiger partial charge in [-0.2, -0.15) is 25.3 Å². The molecule has 3 N–H and O–H groups in total. The van der Waals surface area contributed by atoms with Crippen LogP contribution in [0.4, 0.5) is 0 Å². The zero-order valence-corrected chi connectivity index (χ0v) is 16.9. The number of rotatable bonds is 3. The molecule has 0 aromatic heterocycles. The summed E-state index contributed by atoms with van der Waals surface area (Å²) in [6.07, 6.45) is 0. The van der Waals surface area contributed by atoms with E-state index in [4.69, 9.17) is 13.7 Å². The van der Waals surface area contributed by atoms with Crippen LogP contribution in [0.1, 0.15) is 4.28 Å². The summed E-state index contributed by atoms with van der Waals surface area (Å²) in [6, 6.07) is 0. The summed E-state index contributed by atoms with van der Waals surface area (Å²) in [7, 11) is -17.5. The first kappa shape index (κ1) is 27.1. The fraction of sp³-hybridized carbons (Fsp3) is 0. The molecule has 0 aliphatic carbocycles. The third-order valence-electron chi connectivity index (χ3n) is 0.565. The van der Waals surface area contributed by atoms with Crippen molar-refractivity contribution in [2.24, 2.45) is 0 Å². The van der Waals surface area contributed by atoms with Crippen molar-refractivity contribution >= 4 is 30.9 Å². The fourth-order valence-electron chi connectivity index (χ4n) is 0.357. The minimum Gasteiger partial charge on any atom is -1.00 e. The first-order valence-corrected chi connectivity index (χ1v) is 6.29. The second-order valence-electron chi connectivity index (χ2n) is 1.57. The molecule has 0 aromatic rings. The van der Waals surface area contributed by atoms with Crippen LogP contribution in [0.2, 0.25) is 0 Å². The first-order valence-electron chi connectivity index (χ1n) is 2.10. The maximum absolute atomic E-state index is 10.0. The topological polar surface area (TPSA) is 166 Å². The maximum Gasteiger partial charge on any atom is 1.00 e. The van der Waals surface area contributed by atoms with Crippen LogP contribution in [0, 0.1) is 0 Å². The minimum atomic E-state index is -5.82. The number of hydrogen-bond donors (Lipinski definition) is 3. The van der Waals surface area contributed by atoms with E-state index in [1.807, 2.05) is 0 Å². The van der Waals surface area contributed by atoms with E-state index in [1.165, 1.54) is 0 Å². The van der Waals surface area contributed by atoms with Crippen molar-refractivity contribution in [1.29, 1.82) is 0 Å². The molecule has 0 aliphatic rings. The Bertz CT molecular complexity index is 420. The van der Waals surface area contributed by atoms with Crippen molar-refractivity contribution in [3.63, 3.8) is 0 Å². The maximum atomic E-state index is 10.0. The third kappa shape index (κ3) is 9.60. The van der Waals surface area contributed by atoms with Gasteiger partial charge in [-0.3, -0.25) is 13.7 Å². The molecule has 16 heteroatoms. The van der Waals surface area contributed by atoms with E-state index < -0.39 is 34.0 Å². The van der Waals surface area contributed by atoms with Gasteiger partial charge in [-0.05, 0) is 0 Å². The van der Waals surface area contributed by atoms with Crippen LogP contribution in [-0.4, -0.2) is 42.0 Å². The Labute approximate surface area is 163 Å². The summed E-state index contributed by atoms with van der Waals surface area (Å²) in [4.78, 5) is 0. The van der Waals surface area contributed by atoms with Crippen molar-refractivity contribution < 1.29 is 132 Å². The Hall–Kier alpha value is 2.69. The Morgan fingerprint density at radius 3 is 0.750 bits per heavy atom. The molecule has 0 rings (SSSR count). The molecule has 0 saturated carbocycles. The van der Waals surface area contributed by atoms with E-state index in [0.717, 1.165) is 0 Å². The second-order valence-corrected chi connectivity index (χ2v) is 6.04. The SMILES string of the molecule is O=S(=O)(O)N(S(=O)(=O)O)S(=O)(=O)O.[H-].[H-].[H-].[Na+].[Na+].[Na+]. The van der Waals surface area contributed by atoms with Crippen LogP contribution in [0.25, 0.3) is 0 Å². The summed E-state index contributed by atoms with van der Waals surface area (Å²) in [5.41, 5.74) is 0. The summed E-state index contributed by atoms with van der Waals surface area (Å²) in [5, 5.41) is 0. The Morgan fingerprint density at radius 2 is 0.750 bits per heavy atom. The summed E-state index contributed by atoms with van der Waals surface area (Å²) in [5.74, 6) is 0. The van der Waals surface area contributed by atoms with Crippen LogP contribution in [0.15, 0.2) is 0 Å². The van der Waals surface area contributed by atoms with Crippen molar-refractivity contribution in [2.45, 2.75) is 0 Å². The second kappa shape index (κ2) is 8.78. The van der Waals surface area contributed by atoms with E-state index in [0.29, 0.717) is 0 Å². The van der Waals surface area contributed by atoms with Gasteiger partial charge in [0.25, 0.3) is 0 Å². The van der Waals surface area contributed by atoms with Crippen molar-refractivity contribution in [1.82, 2.24) is 3.12 Å². The molecule has 0 heterocycles. The molecule has 0 saturated heterocycles. The van der Waals surface area contributed by atoms with E-state index in [-0.39, 0.29) is 93.0 Å². The molecule has 0 atom stereocenters. The number of nitrogens with zero attached hydrogens (tertiary/aromatic N) is 1. The van der Waals surface area contributed by atoms with Gasteiger partial charge in [0.1, 0.15) is 0 Å². The first-order chi connectivity index (χ1) is 5.37. The molecule has 0 spiro atoms. The quantitative estimate of drug-likeness (QED) is 0.336. The van der Waals surface area contributed by atoms with Crippen molar-refractivity contribution in [3.8, 4) is 0 Å². The summed E-state index contributed by atoms with van der Waals surface area (Å²) < 4.78 is 82.2. The molecule has 0 aromatic carbocycles. The number of hydrogen-bond acceptors (Lipinski definition) is 6. The predicted octanol–water partition coefficient (Wildman–Crippen LogP) is -11.0. The molecule has 0 aliphatic heterocycles. The van der Waals surface area contributed by atoms with Crippen LogP contribution in [-0.2, 0) is 30.9 Å². The molecule has 10 nitrogen and oxygen atoms in total. The van der Waals surface area contributed by atoms with Gasteiger partial charge in [-0.15, -0.1) is 0 Å². The van der Waals surface area contributed by atoms with E-state index in [9.17, 15) is 25.3 Å². The van der Waals surface area contributed by atoms with Crippen LogP contribution < -0.4 is 88.7 Å². The molecule has 16 heavy (non-hydrogen) atoms. The largest absolute Gasteiger partial charge is 1.00 e. The van der Waals surface area contributed by atoms with Gasteiger partial charge < -0.3 is 4.28 Å². The normalized spacial score (nSPS) is 12.0. The fourth-order valence-corrected chi connectivity index (χ4v) is 3.21. The van der Waals surface area contributed by atoms with Gasteiger partial charge in [-0.1, -0.05) is 0 Å². The van der Waals surface area contributed by atoms with Crippen molar-refractivity contribution in [3.05, 3.63) is 0 Å². The third-order valence-corrected chi connectivity index (χ3v) is 5.09. The summed E-state index contributed by atoms with van der Waals surface area (Å²) >= 11 is 0. The molecular weight excluding hydrogens is 323 g/mol. The van der Waals surface area contributed by atoms with Crippen molar-refractivity contribution in [2.75, 3.05) is 0 Å². The van der Waals surface area contributed by atoms with Crippen LogP contribution >= 0.6 is 0 Å². The molecule has 0 amide bonds. The Kier molecular flexibility index (Phi) is 14.9. The van der Waals surface area contributed by atoms with E-state index >= 15 is 0 Å². The standard InChI is InChI=1S/H3NO9S3.3Na.3H/c2-11(3,4)1(12(5,6)7)13(8,9)10;;;;;;/h(H,2,3,4)(H,5,6,7)(H,8,9,10);;;;;;/q;3*+1;3*-1. The van der Waals surface area contributed by atoms with Gasteiger partial charge in [0.15, 0.2) is 0 Å². The minimum absolute atomic E-state index is 0.